The summed E-state index contributed by atoms with van der Waals surface area (Å²) in [5.74, 6) is 0. The van der Waals surface area contributed by atoms with E-state index in [-0.39, 0.29) is 0 Å². The van der Waals surface area contributed by atoms with Gasteiger partial charge in [-0.3, -0.25) is 4.90 Å². The molecule has 3 heterocycles. The molecule has 2 aromatic heterocycles. The molecule has 0 saturated carbocycles. The van der Waals surface area contributed by atoms with Gasteiger partial charge >= 0.3 is 6.18 Å². The molecule has 0 bridgehead atoms. The average Bonchev–Trinajstić information content (AvgIpc) is 2.64. The van der Waals surface area contributed by atoms with Crippen molar-refractivity contribution in [3.8, 4) is 0 Å². The minimum atomic E-state index is -4.30. The highest BCUT2D eigenvalue weighted by Gasteiger charge is 2.32. The van der Waals surface area contributed by atoms with Crippen molar-refractivity contribution < 1.29 is 13.2 Å². The highest BCUT2D eigenvalue weighted by molar-refractivity contribution is 5.75. The Morgan fingerprint density at radius 3 is 2.77 bits per heavy atom. The predicted octanol–water partition coefficient (Wildman–Crippen LogP) is 4.25. The number of hydrogen-bond donors (Lipinski definition) is 0. The number of pyridine rings is 2. The largest absolute Gasteiger partial charge is 0.416 e. The van der Waals surface area contributed by atoms with Crippen molar-refractivity contribution in [2.24, 2.45) is 0 Å². The maximum atomic E-state index is 13.1. The van der Waals surface area contributed by atoms with E-state index in [1.807, 2.05) is 12.1 Å². The van der Waals surface area contributed by atoms with Crippen LogP contribution in [0.4, 0.5) is 13.2 Å². The van der Waals surface area contributed by atoms with E-state index in [0.29, 0.717) is 25.1 Å². The number of benzene rings is 1. The summed E-state index contributed by atoms with van der Waals surface area (Å²) in [6.07, 6.45) is -1.40. The van der Waals surface area contributed by atoms with Crippen LogP contribution in [0.25, 0.3) is 11.0 Å². The topological polar surface area (TPSA) is 29.0 Å². The molecule has 0 atom stereocenters. The average molecular weight is 357 g/mol. The predicted molar refractivity (Wildman–Crippen MR) is 93.7 cm³/mol. The second-order valence-corrected chi connectivity index (χ2v) is 6.58. The highest BCUT2D eigenvalue weighted by Crippen LogP contribution is 2.32. The summed E-state index contributed by atoms with van der Waals surface area (Å²) in [7, 11) is 0. The van der Waals surface area contributed by atoms with E-state index < -0.39 is 11.7 Å². The van der Waals surface area contributed by atoms with E-state index >= 15 is 0 Å². The van der Waals surface area contributed by atoms with Gasteiger partial charge in [-0.15, -0.1) is 0 Å². The number of nitrogens with zero attached hydrogens (tertiary/aromatic N) is 3. The van der Waals surface area contributed by atoms with Crippen molar-refractivity contribution in [1.29, 1.82) is 0 Å². The fourth-order valence-corrected chi connectivity index (χ4v) is 3.51. The molecular weight excluding hydrogens is 339 g/mol. The Morgan fingerprint density at radius 1 is 1.08 bits per heavy atom. The van der Waals surface area contributed by atoms with Crippen LogP contribution >= 0.6 is 0 Å². The van der Waals surface area contributed by atoms with E-state index in [9.17, 15) is 13.2 Å². The molecule has 26 heavy (non-hydrogen) atoms. The molecule has 0 amide bonds. The van der Waals surface area contributed by atoms with Crippen molar-refractivity contribution in [2.75, 3.05) is 13.1 Å². The Hall–Kier alpha value is -2.47. The Morgan fingerprint density at radius 2 is 1.92 bits per heavy atom. The minimum absolute atomic E-state index is 0.353. The Labute approximate surface area is 149 Å². The van der Waals surface area contributed by atoms with Crippen molar-refractivity contribution in [2.45, 2.75) is 25.6 Å². The van der Waals surface area contributed by atoms with Gasteiger partial charge in [0.15, 0.2) is 5.65 Å². The van der Waals surface area contributed by atoms with Gasteiger partial charge in [0.1, 0.15) is 0 Å². The van der Waals surface area contributed by atoms with Crippen LogP contribution in [0, 0.1) is 0 Å². The zero-order valence-corrected chi connectivity index (χ0v) is 14.1. The first-order chi connectivity index (χ1) is 12.5. The number of fused-ring (bicyclic) bond motifs is 2. The minimum Gasteiger partial charge on any atom is -0.298 e. The second-order valence-electron chi connectivity index (χ2n) is 6.58. The maximum Gasteiger partial charge on any atom is 0.416 e. The normalized spacial score (nSPS) is 15.2. The molecule has 0 spiro atoms. The smallest absolute Gasteiger partial charge is 0.298 e. The van der Waals surface area contributed by atoms with E-state index in [0.717, 1.165) is 41.3 Å². The first-order valence-corrected chi connectivity index (χ1v) is 8.62. The molecule has 0 aliphatic carbocycles. The van der Waals surface area contributed by atoms with Gasteiger partial charge in [-0.25, -0.2) is 9.97 Å². The molecule has 1 aliphatic heterocycles. The van der Waals surface area contributed by atoms with Crippen molar-refractivity contribution >= 4 is 11.0 Å². The summed E-state index contributed by atoms with van der Waals surface area (Å²) in [5.41, 5.74) is 2.76. The Kier molecular flexibility index (Phi) is 4.36. The summed E-state index contributed by atoms with van der Waals surface area (Å²) in [5, 5.41) is 0.996. The van der Waals surface area contributed by atoms with Crippen molar-refractivity contribution in [1.82, 2.24) is 14.9 Å². The molecule has 4 rings (SSSR count). The number of halogens is 3. The SMILES string of the molecule is FC(F)(F)c1ccccc1CCN1CCc2nc3ncccc3cc2C1. The van der Waals surface area contributed by atoms with Crippen LogP contribution in [-0.4, -0.2) is 28.0 Å². The van der Waals surface area contributed by atoms with Crippen LogP contribution in [0.3, 0.4) is 0 Å². The van der Waals surface area contributed by atoms with Crippen molar-refractivity contribution in [3.05, 3.63) is 71.0 Å². The van der Waals surface area contributed by atoms with Crippen molar-refractivity contribution in [3.63, 3.8) is 0 Å². The Bertz CT molecular complexity index is 937. The molecule has 1 aromatic carbocycles. The van der Waals surface area contributed by atoms with E-state index in [1.165, 1.54) is 6.07 Å². The van der Waals surface area contributed by atoms with E-state index in [4.69, 9.17) is 0 Å². The quantitative estimate of drug-likeness (QED) is 0.702. The van der Waals surface area contributed by atoms with E-state index in [1.54, 1.807) is 18.3 Å². The molecule has 0 unspecified atom stereocenters. The molecule has 134 valence electrons. The first kappa shape index (κ1) is 17.0. The molecular formula is C20H18F3N3. The standard InChI is InChI=1S/C20H18F3N3/c21-20(22,23)17-6-2-1-4-14(17)7-10-26-11-8-18-16(13-26)12-15-5-3-9-24-19(15)25-18/h1-6,9,12H,7-8,10-11,13H2. The molecule has 0 radical (unpaired) electrons. The molecule has 0 saturated heterocycles. The maximum absolute atomic E-state index is 13.1. The summed E-state index contributed by atoms with van der Waals surface area (Å²) in [6, 6.07) is 11.8. The third-order valence-corrected chi connectivity index (χ3v) is 4.84. The fourth-order valence-electron chi connectivity index (χ4n) is 3.51. The lowest BCUT2D eigenvalue weighted by molar-refractivity contribution is -0.138. The van der Waals surface area contributed by atoms with Gasteiger partial charge in [0.2, 0.25) is 0 Å². The van der Waals surface area contributed by atoms with Crippen LogP contribution < -0.4 is 0 Å². The number of aromatic nitrogens is 2. The van der Waals surface area contributed by atoms with Crippen LogP contribution in [0.15, 0.2) is 48.7 Å². The summed E-state index contributed by atoms with van der Waals surface area (Å²) in [4.78, 5) is 11.1. The Balaban J connectivity index is 1.49. The third-order valence-electron chi connectivity index (χ3n) is 4.84. The van der Waals surface area contributed by atoms with E-state index in [2.05, 4.69) is 20.9 Å². The lowest BCUT2D eigenvalue weighted by Crippen LogP contribution is -2.33. The molecule has 6 heteroatoms. The second kappa shape index (κ2) is 6.68. The van der Waals surface area contributed by atoms with Gasteiger partial charge in [-0.05, 0) is 41.8 Å². The van der Waals surface area contributed by atoms with Crippen LogP contribution in [0.1, 0.15) is 22.4 Å². The monoisotopic (exact) mass is 357 g/mol. The van der Waals surface area contributed by atoms with Gasteiger partial charge in [0.05, 0.1) is 5.56 Å². The summed E-state index contributed by atoms with van der Waals surface area (Å²) >= 11 is 0. The molecule has 0 N–H and O–H groups in total. The number of alkyl halides is 3. The molecule has 1 aliphatic rings. The molecule has 3 aromatic rings. The first-order valence-electron chi connectivity index (χ1n) is 8.62. The summed E-state index contributed by atoms with van der Waals surface area (Å²) < 4.78 is 39.4. The van der Waals surface area contributed by atoms with Gasteiger partial charge in [-0.1, -0.05) is 18.2 Å². The van der Waals surface area contributed by atoms with Crippen LogP contribution in [0.2, 0.25) is 0 Å². The number of rotatable bonds is 3. The van der Waals surface area contributed by atoms with Crippen LogP contribution in [-0.2, 0) is 25.6 Å². The number of hydrogen-bond acceptors (Lipinski definition) is 3. The third kappa shape index (κ3) is 3.42. The zero-order valence-electron chi connectivity index (χ0n) is 14.1. The molecule has 3 nitrogen and oxygen atoms in total. The van der Waals surface area contributed by atoms with Gasteiger partial charge in [-0.2, -0.15) is 13.2 Å². The summed E-state index contributed by atoms with van der Waals surface area (Å²) in [6.45, 7) is 2.10. The van der Waals surface area contributed by atoms with Gasteiger partial charge in [0, 0.05) is 43.3 Å². The molecule has 0 fully saturated rings. The van der Waals surface area contributed by atoms with Crippen LogP contribution in [0.5, 0.6) is 0 Å². The lowest BCUT2D eigenvalue weighted by Gasteiger charge is -2.28. The van der Waals surface area contributed by atoms with Gasteiger partial charge in [0.25, 0.3) is 0 Å². The van der Waals surface area contributed by atoms with Gasteiger partial charge < -0.3 is 0 Å². The fraction of sp³-hybridized carbons (Fsp3) is 0.300. The highest BCUT2D eigenvalue weighted by atomic mass is 19.4. The lowest BCUT2D eigenvalue weighted by atomic mass is 10.0. The zero-order chi connectivity index (χ0) is 18.1.